The molecule has 0 aliphatic carbocycles. The first kappa shape index (κ1) is 11.0. The van der Waals surface area contributed by atoms with Crippen molar-refractivity contribution in [2.45, 2.75) is 25.1 Å². The second-order valence-electron chi connectivity index (χ2n) is 3.91. The fraction of sp³-hybridized carbons (Fsp3) is 0.545. The molecule has 0 N–H and O–H groups in total. The SMILES string of the molecule is Cc1cc(C(=O)N2CCC(Cl)CC2)cs1. The highest BCUT2D eigenvalue weighted by Crippen LogP contribution is 2.20. The molecule has 0 spiro atoms. The van der Waals surface area contributed by atoms with Crippen molar-refractivity contribution in [3.05, 3.63) is 21.9 Å². The van der Waals surface area contributed by atoms with Crippen LogP contribution in [0.3, 0.4) is 0 Å². The van der Waals surface area contributed by atoms with Crippen LogP contribution >= 0.6 is 22.9 Å². The summed E-state index contributed by atoms with van der Waals surface area (Å²) >= 11 is 7.62. The van der Waals surface area contributed by atoms with E-state index in [-0.39, 0.29) is 11.3 Å². The van der Waals surface area contributed by atoms with Gasteiger partial charge in [0.2, 0.25) is 0 Å². The summed E-state index contributed by atoms with van der Waals surface area (Å²) in [4.78, 5) is 15.1. The van der Waals surface area contributed by atoms with E-state index in [0.717, 1.165) is 31.5 Å². The fourth-order valence-electron chi connectivity index (χ4n) is 1.79. The van der Waals surface area contributed by atoms with E-state index in [1.807, 2.05) is 23.3 Å². The van der Waals surface area contributed by atoms with Crippen LogP contribution in [0.25, 0.3) is 0 Å². The molecule has 1 fully saturated rings. The first-order valence-electron chi connectivity index (χ1n) is 5.15. The van der Waals surface area contributed by atoms with Crippen LogP contribution in [-0.2, 0) is 0 Å². The zero-order valence-corrected chi connectivity index (χ0v) is 10.3. The van der Waals surface area contributed by atoms with E-state index in [0.29, 0.717) is 0 Å². The van der Waals surface area contributed by atoms with Crippen LogP contribution < -0.4 is 0 Å². The predicted molar refractivity (Wildman–Crippen MR) is 63.8 cm³/mol. The second kappa shape index (κ2) is 4.54. The molecule has 0 bridgehead atoms. The van der Waals surface area contributed by atoms with Crippen molar-refractivity contribution in [3.8, 4) is 0 Å². The van der Waals surface area contributed by atoms with Gasteiger partial charge in [-0.05, 0) is 25.8 Å². The van der Waals surface area contributed by atoms with Crippen LogP contribution in [0.5, 0.6) is 0 Å². The number of carbonyl (C=O) groups is 1. The summed E-state index contributed by atoms with van der Waals surface area (Å²) in [5.41, 5.74) is 0.825. The Morgan fingerprint density at radius 1 is 1.53 bits per heavy atom. The van der Waals surface area contributed by atoms with Gasteiger partial charge in [-0.1, -0.05) is 0 Å². The third-order valence-corrected chi connectivity index (χ3v) is 3.99. The summed E-state index contributed by atoms with van der Waals surface area (Å²) in [6, 6.07) is 1.96. The molecule has 82 valence electrons. The van der Waals surface area contributed by atoms with E-state index in [9.17, 15) is 4.79 Å². The lowest BCUT2D eigenvalue weighted by atomic mass is 10.1. The minimum atomic E-state index is 0.155. The lowest BCUT2D eigenvalue weighted by molar-refractivity contribution is 0.0727. The van der Waals surface area contributed by atoms with Crippen molar-refractivity contribution in [2.75, 3.05) is 13.1 Å². The van der Waals surface area contributed by atoms with E-state index in [4.69, 9.17) is 11.6 Å². The summed E-state index contributed by atoms with van der Waals surface area (Å²) in [5.74, 6) is 0.155. The standard InChI is InChI=1S/C11H14ClNOS/c1-8-6-9(7-15-8)11(14)13-4-2-10(12)3-5-13/h6-7,10H,2-5H2,1H3. The molecule has 4 heteroatoms. The molecule has 0 aromatic carbocycles. The van der Waals surface area contributed by atoms with Crippen LogP contribution in [0.2, 0.25) is 0 Å². The summed E-state index contributed by atoms with van der Waals surface area (Å²) in [7, 11) is 0. The molecule has 1 aromatic rings. The van der Waals surface area contributed by atoms with Gasteiger partial charge in [0.15, 0.2) is 0 Å². The average Bonchev–Trinajstić information content (AvgIpc) is 2.65. The molecule has 0 atom stereocenters. The largest absolute Gasteiger partial charge is 0.339 e. The molecule has 2 nitrogen and oxygen atoms in total. The van der Waals surface area contributed by atoms with Crippen molar-refractivity contribution < 1.29 is 4.79 Å². The van der Waals surface area contributed by atoms with Crippen LogP contribution in [-0.4, -0.2) is 29.3 Å². The Bertz CT molecular complexity index is 355. The second-order valence-corrected chi connectivity index (χ2v) is 5.65. The molecule has 2 rings (SSSR count). The number of likely N-dealkylation sites (tertiary alicyclic amines) is 1. The Balaban J connectivity index is 2.02. The monoisotopic (exact) mass is 243 g/mol. The Morgan fingerprint density at radius 2 is 2.20 bits per heavy atom. The van der Waals surface area contributed by atoms with Gasteiger partial charge < -0.3 is 4.90 Å². The van der Waals surface area contributed by atoms with Gasteiger partial charge in [-0.3, -0.25) is 4.79 Å². The molecule has 1 aliphatic rings. The van der Waals surface area contributed by atoms with Gasteiger partial charge in [0.05, 0.1) is 5.56 Å². The number of carbonyl (C=O) groups excluding carboxylic acids is 1. The number of hydrogen-bond acceptors (Lipinski definition) is 2. The van der Waals surface area contributed by atoms with Crippen LogP contribution in [0.1, 0.15) is 28.1 Å². The summed E-state index contributed by atoms with van der Waals surface area (Å²) < 4.78 is 0. The van der Waals surface area contributed by atoms with Crippen molar-refractivity contribution >= 4 is 28.8 Å². The van der Waals surface area contributed by atoms with Gasteiger partial charge in [-0.2, -0.15) is 0 Å². The fourth-order valence-corrected chi connectivity index (χ4v) is 2.66. The van der Waals surface area contributed by atoms with Crippen molar-refractivity contribution in [2.24, 2.45) is 0 Å². The van der Waals surface area contributed by atoms with Crippen molar-refractivity contribution in [3.63, 3.8) is 0 Å². The number of amides is 1. The highest BCUT2D eigenvalue weighted by Gasteiger charge is 2.22. The van der Waals surface area contributed by atoms with E-state index >= 15 is 0 Å². The third kappa shape index (κ3) is 2.52. The first-order valence-corrected chi connectivity index (χ1v) is 6.47. The average molecular weight is 244 g/mol. The third-order valence-electron chi connectivity index (χ3n) is 2.69. The maximum absolute atomic E-state index is 12.0. The maximum Gasteiger partial charge on any atom is 0.254 e. The van der Waals surface area contributed by atoms with Crippen molar-refractivity contribution in [1.29, 1.82) is 0 Å². The molecule has 1 aliphatic heterocycles. The van der Waals surface area contributed by atoms with E-state index in [1.54, 1.807) is 11.3 Å². The summed E-state index contributed by atoms with van der Waals surface area (Å²) in [6.07, 6.45) is 1.83. The molecule has 0 unspecified atom stereocenters. The van der Waals surface area contributed by atoms with Crippen LogP contribution in [0.15, 0.2) is 11.4 Å². The van der Waals surface area contributed by atoms with Gasteiger partial charge >= 0.3 is 0 Å². The normalized spacial score (nSPS) is 18.1. The molecule has 0 radical (unpaired) electrons. The summed E-state index contributed by atoms with van der Waals surface area (Å²) in [6.45, 7) is 3.61. The lowest BCUT2D eigenvalue weighted by Gasteiger charge is -2.29. The minimum absolute atomic E-state index is 0.155. The van der Waals surface area contributed by atoms with Gasteiger partial charge in [-0.15, -0.1) is 22.9 Å². The lowest BCUT2D eigenvalue weighted by Crippen LogP contribution is -2.38. The number of aryl methyl sites for hydroxylation is 1. The van der Waals surface area contributed by atoms with Gasteiger partial charge in [0.25, 0.3) is 5.91 Å². The Hall–Kier alpha value is -0.540. The first-order chi connectivity index (χ1) is 7.16. The molecule has 1 aromatic heterocycles. The number of rotatable bonds is 1. The molecule has 15 heavy (non-hydrogen) atoms. The van der Waals surface area contributed by atoms with Crippen molar-refractivity contribution in [1.82, 2.24) is 4.90 Å². The maximum atomic E-state index is 12.0. The van der Waals surface area contributed by atoms with Crippen LogP contribution in [0, 0.1) is 6.92 Å². The quantitative estimate of drug-likeness (QED) is 0.695. The summed E-state index contributed by atoms with van der Waals surface area (Å²) in [5, 5.41) is 2.18. The molecular weight excluding hydrogens is 230 g/mol. The Morgan fingerprint density at radius 3 is 2.73 bits per heavy atom. The minimum Gasteiger partial charge on any atom is -0.339 e. The Kier molecular flexibility index (Phi) is 3.32. The van der Waals surface area contributed by atoms with E-state index < -0.39 is 0 Å². The number of piperidine rings is 1. The number of hydrogen-bond donors (Lipinski definition) is 0. The Labute approximate surface area is 98.8 Å². The van der Waals surface area contributed by atoms with Gasteiger partial charge in [0.1, 0.15) is 0 Å². The molecule has 2 heterocycles. The molecule has 1 saturated heterocycles. The topological polar surface area (TPSA) is 20.3 Å². The number of nitrogens with zero attached hydrogens (tertiary/aromatic N) is 1. The van der Waals surface area contributed by atoms with Gasteiger partial charge in [0, 0.05) is 28.7 Å². The zero-order chi connectivity index (χ0) is 10.8. The zero-order valence-electron chi connectivity index (χ0n) is 8.70. The molecular formula is C11H14ClNOS. The smallest absolute Gasteiger partial charge is 0.254 e. The van der Waals surface area contributed by atoms with Crippen LogP contribution in [0.4, 0.5) is 0 Å². The number of thiophene rings is 1. The molecule has 0 saturated carbocycles. The van der Waals surface area contributed by atoms with Gasteiger partial charge in [-0.25, -0.2) is 0 Å². The predicted octanol–water partition coefficient (Wildman–Crippen LogP) is 2.90. The van der Waals surface area contributed by atoms with E-state index in [1.165, 1.54) is 4.88 Å². The highest BCUT2D eigenvalue weighted by atomic mass is 35.5. The van der Waals surface area contributed by atoms with E-state index in [2.05, 4.69) is 0 Å². The number of alkyl halides is 1. The molecule has 1 amide bonds. The highest BCUT2D eigenvalue weighted by molar-refractivity contribution is 7.10. The number of halogens is 1.